The molecule has 3 aliphatic heterocycles. The van der Waals surface area contributed by atoms with Gasteiger partial charge in [0.25, 0.3) is 11.9 Å². The minimum Gasteiger partial charge on any atom is -0.423 e. The van der Waals surface area contributed by atoms with Crippen LogP contribution in [-0.2, 0) is 4.74 Å². The van der Waals surface area contributed by atoms with Gasteiger partial charge in [0.15, 0.2) is 5.58 Å². The lowest BCUT2D eigenvalue weighted by atomic mass is 9.82. The van der Waals surface area contributed by atoms with Gasteiger partial charge in [-0.05, 0) is 58.2 Å². The number of morpholine rings is 1. The third-order valence-electron chi connectivity index (χ3n) is 7.56. The van der Waals surface area contributed by atoms with Crippen molar-refractivity contribution < 1.29 is 13.9 Å². The van der Waals surface area contributed by atoms with E-state index in [0.29, 0.717) is 48.0 Å². The van der Waals surface area contributed by atoms with Crippen LogP contribution in [0.25, 0.3) is 11.1 Å². The summed E-state index contributed by atoms with van der Waals surface area (Å²) in [6.45, 7) is 5.60. The topological polar surface area (TPSA) is 70.8 Å². The second-order valence-corrected chi connectivity index (χ2v) is 9.55. The highest BCUT2D eigenvalue weighted by molar-refractivity contribution is 6.04. The summed E-state index contributed by atoms with van der Waals surface area (Å²) in [5.41, 5.74) is 1.92. The number of nitrogens with one attached hydrogen (secondary N) is 1. The highest BCUT2D eigenvalue weighted by Gasteiger charge is 2.37. The maximum atomic E-state index is 13.3. The number of benzene rings is 1. The Kier molecular flexibility index (Phi) is 5.65. The first-order chi connectivity index (χ1) is 15.0. The fourth-order valence-corrected chi connectivity index (χ4v) is 5.78. The Hall–Kier alpha value is -2.12. The number of carbonyl (C=O) groups is 1. The van der Waals surface area contributed by atoms with Gasteiger partial charge in [0.2, 0.25) is 0 Å². The highest BCUT2D eigenvalue weighted by Crippen LogP contribution is 2.33. The van der Waals surface area contributed by atoms with Gasteiger partial charge in [-0.25, -0.2) is 0 Å². The molecule has 5 rings (SSSR count). The number of hydrogen-bond acceptors (Lipinski definition) is 6. The Bertz CT molecular complexity index is 930. The molecule has 3 aliphatic rings. The quantitative estimate of drug-likeness (QED) is 0.806. The molecule has 4 atom stereocenters. The summed E-state index contributed by atoms with van der Waals surface area (Å²) < 4.78 is 11.9. The number of piperidine rings is 2. The molecule has 4 heterocycles. The van der Waals surface area contributed by atoms with Gasteiger partial charge in [-0.2, -0.15) is 4.98 Å². The summed E-state index contributed by atoms with van der Waals surface area (Å²) in [4.78, 5) is 22.8. The predicted octanol–water partition coefficient (Wildman–Crippen LogP) is 3.58. The molecule has 3 saturated heterocycles. The van der Waals surface area contributed by atoms with Gasteiger partial charge >= 0.3 is 0 Å². The third kappa shape index (κ3) is 3.82. The van der Waals surface area contributed by atoms with Crippen molar-refractivity contribution in [1.82, 2.24) is 15.2 Å². The standard InChI is InChI=1S/C24H34N4O3/c1-4-17-14-30-13-15(2)28(17)24-26-22-20(9-6-10-21(22)31-24)23(29)25-16-11-18-7-5-8-19(12-16)27(18)3/h6,9-10,15-19H,4-5,7-8,11-14H2,1-3H3,(H,25,29)/t15-,17-,18+,19+/m0/s1. The molecule has 7 heteroatoms. The Morgan fingerprint density at radius 3 is 2.74 bits per heavy atom. The van der Waals surface area contributed by atoms with Crippen molar-refractivity contribution in [2.24, 2.45) is 0 Å². The molecule has 1 aromatic heterocycles. The van der Waals surface area contributed by atoms with Crippen LogP contribution in [0.15, 0.2) is 22.6 Å². The lowest BCUT2D eigenvalue weighted by molar-refractivity contribution is 0.0463. The summed E-state index contributed by atoms with van der Waals surface area (Å²) in [5, 5.41) is 3.31. The van der Waals surface area contributed by atoms with Crippen LogP contribution in [0.5, 0.6) is 0 Å². The SMILES string of the molecule is CC[C@H]1COC[C@H](C)N1c1nc2c(C(=O)NC3C[C@H]4CCC[C@H](C3)N4C)cccc2o1. The molecular formula is C24H34N4O3. The summed E-state index contributed by atoms with van der Waals surface area (Å²) in [6, 6.07) is 8.04. The van der Waals surface area contributed by atoms with Gasteiger partial charge < -0.3 is 24.3 Å². The van der Waals surface area contributed by atoms with Gasteiger partial charge in [-0.15, -0.1) is 0 Å². The van der Waals surface area contributed by atoms with Crippen molar-refractivity contribution in [2.45, 2.75) is 82.6 Å². The zero-order valence-electron chi connectivity index (χ0n) is 18.8. The number of amides is 1. The minimum atomic E-state index is -0.0415. The van der Waals surface area contributed by atoms with Crippen molar-refractivity contribution in [3.05, 3.63) is 23.8 Å². The normalized spacial score (nSPS) is 31.7. The molecule has 7 nitrogen and oxygen atoms in total. The van der Waals surface area contributed by atoms with Crippen LogP contribution in [-0.4, -0.2) is 66.3 Å². The number of nitrogens with zero attached hydrogens (tertiary/aromatic N) is 3. The smallest absolute Gasteiger partial charge is 0.299 e. The van der Waals surface area contributed by atoms with E-state index in [2.05, 4.69) is 36.0 Å². The largest absolute Gasteiger partial charge is 0.423 e. The third-order valence-corrected chi connectivity index (χ3v) is 7.56. The van der Waals surface area contributed by atoms with Crippen molar-refractivity contribution in [3.8, 4) is 0 Å². The first kappa shape index (κ1) is 20.8. The summed E-state index contributed by atoms with van der Waals surface area (Å²) in [5.74, 6) is -0.0415. The molecule has 0 saturated carbocycles. The van der Waals surface area contributed by atoms with Gasteiger partial charge in [0.1, 0.15) is 5.52 Å². The lowest BCUT2D eigenvalue weighted by Crippen LogP contribution is -2.55. The van der Waals surface area contributed by atoms with E-state index >= 15 is 0 Å². The maximum Gasteiger partial charge on any atom is 0.299 e. The number of oxazole rings is 1. The van der Waals surface area contributed by atoms with Crippen LogP contribution in [0.4, 0.5) is 6.01 Å². The van der Waals surface area contributed by atoms with Gasteiger partial charge in [-0.3, -0.25) is 4.79 Å². The molecule has 1 N–H and O–H groups in total. The number of ether oxygens (including phenoxy) is 1. The first-order valence-electron chi connectivity index (χ1n) is 11.8. The number of aromatic nitrogens is 1. The molecule has 2 aromatic rings. The molecule has 0 unspecified atom stereocenters. The van der Waals surface area contributed by atoms with E-state index in [4.69, 9.17) is 14.1 Å². The summed E-state index contributed by atoms with van der Waals surface area (Å²) >= 11 is 0. The average molecular weight is 427 g/mol. The van der Waals surface area contributed by atoms with E-state index in [1.807, 2.05) is 18.2 Å². The second kappa shape index (κ2) is 8.43. The van der Waals surface area contributed by atoms with E-state index in [1.165, 1.54) is 19.3 Å². The van der Waals surface area contributed by atoms with E-state index in [-0.39, 0.29) is 24.0 Å². The van der Waals surface area contributed by atoms with Gasteiger partial charge in [0.05, 0.1) is 30.9 Å². The minimum absolute atomic E-state index is 0.0415. The molecule has 0 aliphatic carbocycles. The molecule has 0 spiro atoms. The van der Waals surface area contributed by atoms with Crippen molar-refractivity contribution >= 4 is 23.0 Å². The molecule has 3 fully saturated rings. The Balaban J connectivity index is 1.38. The van der Waals surface area contributed by atoms with Gasteiger partial charge in [-0.1, -0.05) is 19.4 Å². The lowest BCUT2D eigenvalue weighted by Gasteiger charge is -2.47. The maximum absolute atomic E-state index is 13.3. The first-order valence-corrected chi connectivity index (χ1v) is 11.8. The van der Waals surface area contributed by atoms with Crippen LogP contribution in [0.2, 0.25) is 0 Å². The van der Waals surface area contributed by atoms with Crippen LogP contribution in [0.1, 0.15) is 62.7 Å². The monoisotopic (exact) mass is 426 g/mol. The van der Waals surface area contributed by atoms with E-state index < -0.39 is 0 Å². The van der Waals surface area contributed by atoms with Crippen LogP contribution < -0.4 is 10.2 Å². The number of carbonyl (C=O) groups excluding carboxylic acids is 1. The number of fused-ring (bicyclic) bond motifs is 3. The Labute approximate surface area is 184 Å². The van der Waals surface area contributed by atoms with E-state index in [1.54, 1.807) is 0 Å². The van der Waals surface area contributed by atoms with Crippen LogP contribution in [0, 0.1) is 0 Å². The molecule has 2 bridgehead atoms. The van der Waals surface area contributed by atoms with Crippen molar-refractivity contribution in [2.75, 3.05) is 25.2 Å². The fraction of sp³-hybridized carbons (Fsp3) is 0.667. The molecule has 168 valence electrons. The molecule has 1 aromatic carbocycles. The zero-order chi connectivity index (χ0) is 21.5. The van der Waals surface area contributed by atoms with Gasteiger partial charge in [0, 0.05) is 18.1 Å². The summed E-state index contributed by atoms with van der Waals surface area (Å²) in [7, 11) is 2.24. The van der Waals surface area contributed by atoms with Crippen molar-refractivity contribution in [1.29, 1.82) is 0 Å². The number of para-hydroxylation sites is 1. The van der Waals surface area contributed by atoms with E-state index in [9.17, 15) is 4.79 Å². The van der Waals surface area contributed by atoms with Crippen LogP contribution in [0.3, 0.4) is 0 Å². The number of hydrogen-bond donors (Lipinski definition) is 1. The fourth-order valence-electron chi connectivity index (χ4n) is 5.78. The molecular weight excluding hydrogens is 392 g/mol. The van der Waals surface area contributed by atoms with Crippen molar-refractivity contribution in [3.63, 3.8) is 0 Å². The van der Waals surface area contributed by atoms with Crippen LogP contribution >= 0.6 is 0 Å². The zero-order valence-corrected chi connectivity index (χ0v) is 18.8. The Morgan fingerprint density at radius 1 is 1.23 bits per heavy atom. The molecule has 1 amide bonds. The second-order valence-electron chi connectivity index (χ2n) is 9.55. The average Bonchev–Trinajstić information content (AvgIpc) is 3.17. The number of rotatable bonds is 4. The highest BCUT2D eigenvalue weighted by atomic mass is 16.5. The number of anilines is 1. The predicted molar refractivity (Wildman–Crippen MR) is 121 cm³/mol. The molecule has 0 radical (unpaired) electrons. The summed E-state index contributed by atoms with van der Waals surface area (Å²) in [6.07, 6.45) is 6.79. The Morgan fingerprint density at radius 2 is 2.00 bits per heavy atom. The molecule has 31 heavy (non-hydrogen) atoms. The van der Waals surface area contributed by atoms with E-state index in [0.717, 1.165) is 19.3 Å².